The topological polar surface area (TPSA) is 48.1 Å². The summed E-state index contributed by atoms with van der Waals surface area (Å²) in [5.74, 6) is 3.07. The molecule has 2 N–H and O–H groups in total. The molecule has 0 amide bonds. The van der Waals surface area contributed by atoms with E-state index in [4.69, 9.17) is 10.5 Å². The second-order valence-corrected chi connectivity index (χ2v) is 6.73. The van der Waals surface area contributed by atoms with Crippen LogP contribution < -0.4 is 10.5 Å². The summed E-state index contributed by atoms with van der Waals surface area (Å²) in [5.41, 5.74) is 8.82. The second kappa shape index (κ2) is 10.3. The van der Waals surface area contributed by atoms with Gasteiger partial charge in [0.2, 0.25) is 0 Å². The number of ether oxygens (including phenoxy) is 1. The predicted octanol–water partition coefficient (Wildman–Crippen LogP) is 3.72. The quantitative estimate of drug-likeness (QED) is 0.675. The van der Waals surface area contributed by atoms with Crippen molar-refractivity contribution >= 4 is 11.8 Å². The summed E-state index contributed by atoms with van der Waals surface area (Å²) in [7, 11) is 0. The zero-order valence-electron chi connectivity index (χ0n) is 13.8. The smallest absolute Gasteiger partial charge is 0.119 e. The summed E-state index contributed by atoms with van der Waals surface area (Å²) < 4.78 is 5.45. The third-order valence-electron chi connectivity index (χ3n) is 3.54. The first kappa shape index (κ1) is 17.8. The summed E-state index contributed by atoms with van der Waals surface area (Å²) in [4.78, 5) is 4.14. The van der Waals surface area contributed by atoms with Crippen LogP contribution >= 0.6 is 11.8 Å². The second-order valence-electron chi connectivity index (χ2n) is 5.58. The third-order valence-corrected chi connectivity index (χ3v) is 4.78. The van der Waals surface area contributed by atoms with Crippen molar-refractivity contribution in [1.29, 1.82) is 0 Å². The lowest BCUT2D eigenvalue weighted by molar-refractivity contribution is 0.340. The van der Waals surface area contributed by atoms with Gasteiger partial charge < -0.3 is 10.5 Å². The maximum atomic E-state index is 6.23. The van der Waals surface area contributed by atoms with E-state index in [1.807, 2.05) is 49.3 Å². The van der Waals surface area contributed by atoms with Gasteiger partial charge in [0.25, 0.3) is 0 Å². The molecule has 1 atom stereocenters. The van der Waals surface area contributed by atoms with Crippen molar-refractivity contribution < 1.29 is 4.74 Å². The van der Waals surface area contributed by atoms with E-state index >= 15 is 0 Å². The molecular weight excluding hydrogens is 304 g/mol. The van der Waals surface area contributed by atoms with Gasteiger partial charge in [-0.1, -0.05) is 18.2 Å². The molecule has 4 heteroatoms. The van der Waals surface area contributed by atoms with E-state index in [9.17, 15) is 0 Å². The van der Waals surface area contributed by atoms with Gasteiger partial charge in [-0.2, -0.15) is 11.8 Å². The third kappa shape index (κ3) is 7.06. The van der Waals surface area contributed by atoms with Crippen LogP contribution in [-0.2, 0) is 12.8 Å². The van der Waals surface area contributed by atoms with Gasteiger partial charge in [-0.05, 0) is 61.3 Å². The SMILES string of the molecule is CCOc1ccc(C[C@H](N)CSCCCc2cccnc2)cc1. The van der Waals surface area contributed by atoms with Crippen molar-refractivity contribution in [2.45, 2.75) is 32.2 Å². The molecule has 0 bridgehead atoms. The van der Waals surface area contributed by atoms with E-state index in [1.165, 1.54) is 17.5 Å². The molecular formula is C19H26N2OS. The zero-order valence-corrected chi connectivity index (χ0v) is 14.6. The predicted molar refractivity (Wildman–Crippen MR) is 99.2 cm³/mol. The molecule has 2 rings (SSSR count). The fraction of sp³-hybridized carbons (Fsp3) is 0.421. The fourth-order valence-corrected chi connectivity index (χ4v) is 3.34. The van der Waals surface area contributed by atoms with Crippen LogP contribution in [-0.4, -0.2) is 29.1 Å². The van der Waals surface area contributed by atoms with Crippen molar-refractivity contribution in [3.8, 4) is 5.75 Å². The van der Waals surface area contributed by atoms with Gasteiger partial charge in [0.15, 0.2) is 0 Å². The van der Waals surface area contributed by atoms with Gasteiger partial charge in [-0.3, -0.25) is 4.98 Å². The van der Waals surface area contributed by atoms with E-state index in [0.717, 1.165) is 30.1 Å². The number of aryl methyl sites for hydroxylation is 1. The Morgan fingerprint density at radius 2 is 2.00 bits per heavy atom. The van der Waals surface area contributed by atoms with Crippen LogP contribution in [0.25, 0.3) is 0 Å². The molecule has 23 heavy (non-hydrogen) atoms. The normalized spacial score (nSPS) is 12.1. The summed E-state index contributed by atoms with van der Waals surface area (Å²) in [6.45, 7) is 2.70. The van der Waals surface area contributed by atoms with E-state index < -0.39 is 0 Å². The molecule has 0 spiro atoms. The molecule has 0 radical (unpaired) electrons. The molecule has 1 aromatic carbocycles. The van der Waals surface area contributed by atoms with Gasteiger partial charge in [-0.15, -0.1) is 0 Å². The van der Waals surface area contributed by atoms with Crippen LogP contribution in [0.4, 0.5) is 0 Å². The van der Waals surface area contributed by atoms with Crippen molar-refractivity contribution in [3.05, 3.63) is 59.9 Å². The van der Waals surface area contributed by atoms with E-state index in [1.54, 1.807) is 0 Å². The maximum absolute atomic E-state index is 6.23. The van der Waals surface area contributed by atoms with E-state index in [2.05, 4.69) is 23.2 Å². The van der Waals surface area contributed by atoms with Crippen LogP contribution in [0.5, 0.6) is 5.75 Å². The Balaban J connectivity index is 1.60. The number of hydrogen-bond acceptors (Lipinski definition) is 4. The largest absolute Gasteiger partial charge is 0.494 e. The van der Waals surface area contributed by atoms with Crippen LogP contribution in [0.15, 0.2) is 48.8 Å². The Hall–Kier alpha value is -1.52. The lowest BCUT2D eigenvalue weighted by atomic mass is 10.1. The van der Waals surface area contributed by atoms with E-state index in [-0.39, 0.29) is 6.04 Å². The van der Waals surface area contributed by atoms with Crippen molar-refractivity contribution in [3.63, 3.8) is 0 Å². The standard InChI is InChI=1S/C19H26N2OS/c1-2-22-19-9-7-16(8-10-19)13-18(20)15-23-12-4-6-17-5-3-11-21-14-17/h3,5,7-11,14,18H,2,4,6,12-13,15,20H2,1H3/t18-/m0/s1. The Morgan fingerprint density at radius 1 is 1.17 bits per heavy atom. The number of nitrogens with two attached hydrogens (primary N) is 1. The summed E-state index contributed by atoms with van der Waals surface area (Å²) in [6.07, 6.45) is 6.95. The van der Waals surface area contributed by atoms with Crippen LogP contribution in [0.1, 0.15) is 24.5 Å². The average Bonchev–Trinajstić information content (AvgIpc) is 2.57. The van der Waals surface area contributed by atoms with Gasteiger partial charge >= 0.3 is 0 Å². The summed E-state index contributed by atoms with van der Waals surface area (Å²) in [6, 6.07) is 12.6. The first-order valence-electron chi connectivity index (χ1n) is 8.22. The molecule has 2 aromatic rings. The molecule has 0 fully saturated rings. The number of rotatable bonds is 10. The highest BCUT2D eigenvalue weighted by atomic mass is 32.2. The molecule has 0 aliphatic heterocycles. The molecule has 0 unspecified atom stereocenters. The van der Waals surface area contributed by atoms with E-state index in [0.29, 0.717) is 6.61 Å². The van der Waals surface area contributed by atoms with Crippen LogP contribution in [0.2, 0.25) is 0 Å². The molecule has 3 nitrogen and oxygen atoms in total. The molecule has 0 saturated heterocycles. The molecule has 1 heterocycles. The zero-order chi connectivity index (χ0) is 16.3. The highest BCUT2D eigenvalue weighted by Crippen LogP contribution is 2.15. The van der Waals surface area contributed by atoms with Gasteiger partial charge in [0.1, 0.15) is 5.75 Å². The minimum Gasteiger partial charge on any atom is -0.494 e. The van der Waals surface area contributed by atoms with Crippen LogP contribution in [0.3, 0.4) is 0 Å². The number of hydrogen-bond donors (Lipinski definition) is 1. The molecule has 0 aliphatic rings. The lowest BCUT2D eigenvalue weighted by Gasteiger charge is -2.12. The Morgan fingerprint density at radius 3 is 2.70 bits per heavy atom. The number of pyridine rings is 1. The van der Waals surface area contributed by atoms with Gasteiger partial charge in [0.05, 0.1) is 6.61 Å². The lowest BCUT2D eigenvalue weighted by Crippen LogP contribution is -2.25. The molecule has 0 saturated carbocycles. The maximum Gasteiger partial charge on any atom is 0.119 e. The summed E-state index contributed by atoms with van der Waals surface area (Å²) >= 11 is 1.94. The molecule has 124 valence electrons. The highest BCUT2D eigenvalue weighted by molar-refractivity contribution is 7.99. The molecule has 0 aliphatic carbocycles. The van der Waals surface area contributed by atoms with Gasteiger partial charge in [-0.25, -0.2) is 0 Å². The average molecular weight is 330 g/mol. The van der Waals surface area contributed by atoms with Crippen molar-refractivity contribution in [2.24, 2.45) is 5.73 Å². The number of benzene rings is 1. The molecule has 1 aromatic heterocycles. The van der Waals surface area contributed by atoms with Gasteiger partial charge in [0, 0.05) is 24.2 Å². The number of aromatic nitrogens is 1. The first-order valence-corrected chi connectivity index (χ1v) is 9.37. The monoisotopic (exact) mass is 330 g/mol. The Bertz CT molecular complexity index is 545. The number of thioether (sulfide) groups is 1. The fourth-order valence-electron chi connectivity index (χ4n) is 2.41. The Kier molecular flexibility index (Phi) is 7.98. The van der Waals surface area contributed by atoms with Crippen molar-refractivity contribution in [1.82, 2.24) is 4.98 Å². The summed E-state index contributed by atoms with van der Waals surface area (Å²) in [5, 5.41) is 0. The Labute approximate surface area is 143 Å². The van der Waals surface area contributed by atoms with Crippen LogP contribution in [0, 0.1) is 0 Å². The first-order chi connectivity index (χ1) is 11.3. The minimum atomic E-state index is 0.205. The van der Waals surface area contributed by atoms with Crippen molar-refractivity contribution in [2.75, 3.05) is 18.1 Å². The highest BCUT2D eigenvalue weighted by Gasteiger charge is 2.05. The minimum absolute atomic E-state index is 0.205. The number of nitrogens with zero attached hydrogens (tertiary/aromatic N) is 1.